The Morgan fingerprint density at radius 3 is 2.92 bits per heavy atom. The van der Waals surface area contributed by atoms with E-state index in [4.69, 9.17) is 9.26 Å². The fraction of sp³-hybridized carbons (Fsp3) is 0.278. The zero-order valence-corrected chi connectivity index (χ0v) is 13.9. The number of pyridine rings is 1. The minimum Gasteiger partial charge on any atom is -0.457 e. The maximum Gasteiger partial charge on any atom is 0.258 e. The Labute approximate surface area is 145 Å². The Bertz CT molecular complexity index is 836. The summed E-state index contributed by atoms with van der Waals surface area (Å²) in [4.78, 5) is 10.8. The van der Waals surface area contributed by atoms with Gasteiger partial charge < -0.3 is 14.6 Å². The van der Waals surface area contributed by atoms with E-state index in [1.165, 1.54) is 0 Å². The standard InChI is InChI=1S/C18H19N5O2/c1-23-10-9-20-12-16(23)17-21-18(25-22-17)13-3-2-4-15(11-13)24-14-5-7-19-8-6-14/h2-8,11,16,20H,9-10,12H2,1H3. The average molecular weight is 337 g/mol. The van der Waals surface area contributed by atoms with Crippen molar-refractivity contribution >= 4 is 0 Å². The van der Waals surface area contributed by atoms with Gasteiger partial charge in [0.1, 0.15) is 11.5 Å². The van der Waals surface area contributed by atoms with E-state index in [1.807, 2.05) is 36.4 Å². The number of rotatable bonds is 4. The molecule has 4 rings (SSSR count). The predicted molar refractivity (Wildman–Crippen MR) is 92.3 cm³/mol. The maximum atomic E-state index is 5.83. The number of ether oxygens (including phenoxy) is 1. The van der Waals surface area contributed by atoms with Gasteiger partial charge in [-0.05, 0) is 37.4 Å². The van der Waals surface area contributed by atoms with Gasteiger partial charge >= 0.3 is 0 Å². The molecule has 1 fully saturated rings. The quantitative estimate of drug-likeness (QED) is 0.784. The van der Waals surface area contributed by atoms with Gasteiger partial charge in [-0.15, -0.1) is 0 Å². The van der Waals surface area contributed by atoms with Crippen LogP contribution in [0.15, 0.2) is 53.3 Å². The summed E-state index contributed by atoms with van der Waals surface area (Å²) in [6, 6.07) is 11.4. The van der Waals surface area contributed by atoms with E-state index in [9.17, 15) is 0 Å². The monoisotopic (exact) mass is 337 g/mol. The van der Waals surface area contributed by atoms with E-state index >= 15 is 0 Å². The molecular weight excluding hydrogens is 318 g/mol. The van der Waals surface area contributed by atoms with Crippen molar-refractivity contribution in [3.8, 4) is 23.0 Å². The van der Waals surface area contributed by atoms with Crippen LogP contribution in [0.3, 0.4) is 0 Å². The molecule has 7 nitrogen and oxygen atoms in total. The van der Waals surface area contributed by atoms with E-state index in [-0.39, 0.29) is 6.04 Å². The first-order valence-electron chi connectivity index (χ1n) is 8.22. The number of nitrogens with zero attached hydrogens (tertiary/aromatic N) is 4. The summed E-state index contributed by atoms with van der Waals surface area (Å²) in [5, 5.41) is 7.52. The molecule has 25 heavy (non-hydrogen) atoms. The molecule has 1 saturated heterocycles. The predicted octanol–water partition coefficient (Wildman–Crippen LogP) is 2.50. The number of benzene rings is 1. The van der Waals surface area contributed by atoms with Gasteiger partial charge in [0.05, 0.1) is 6.04 Å². The lowest BCUT2D eigenvalue weighted by Gasteiger charge is -2.30. The van der Waals surface area contributed by atoms with Crippen LogP contribution >= 0.6 is 0 Å². The van der Waals surface area contributed by atoms with Crippen LogP contribution in [-0.4, -0.2) is 46.7 Å². The summed E-state index contributed by atoms with van der Waals surface area (Å²) in [5.41, 5.74) is 0.830. The normalized spacial score (nSPS) is 18.2. The number of likely N-dealkylation sites (N-methyl/N-ethyl adjacent to an activating group) is 1. The van der Waals surface area contributed by atoms with Crippen molar-refractivity contribution in [1.82, 2.24) is 25.3 Å². The third kappa shape index (κ3) is 3.52. The highest BCUT2D eigenvalue weighted by Gasteiger charge is 2.25. The van der Waals surface area contributed by atoms with Gasteiger partial charge in [0.25, 0.3) is 5.89 Å². The zero-order chi connectivity index (χ0) is 17.1. The number of nitrogens with one attached hydrogen (secondary N) is 1. The van der Waals surface area contributed by atoms with Crippen molar-refractivity contribution < 1.29 is 9.26 Å². The van der Waals surface area contributed by atoms with E-state index in [1.54, 1.807) is 12.4 Å². The molecule has 0 aliphatic carbocycles. The molecule has 0 saturated carbocycles. The summed E-state index contributed by atoms with van der Waals surface area (Å²) < 4.78 is 11.3. The van der Waals surface area contributed by atoms with E-state index in [0.29, 0.717) is 17.5 Å². The molecule has 128 valence electrons. The molecule has 1 aliphatic rings. The Balaban J connectivity index is 1.55. The van der Waals surface area contributed by atoms with Crippen molar-refractivity contribution in [1.29, 1.82) is 0 Å². The maximum absolute atomic E-state index is 5.83. The number of hydrogen-bond acceptors (Lipinski definition) is 7. The van der Waals surface area contributed by atoms with Gasteiger partial charge in [0, 0.05) is 37.6 Å². The molecule has 1 aromatic carbocycles. The molecular formula is C18H19N5O2. The smallest absolute Gasteiger partial charge is 0.258 e. The first kappa shape index (κ1) is 15.7. The SMILES string of the molecule is CN1CCNCC1c1noc(-c2cccc(Oc3ccncc3)c2)n1. The van der Waals surface area contributed by atoms with Crippen LogP contribution in [0.4, 0.5) is 0 Å². The van der Waals surface area contributed by atoms with E-state index < -0.39 is 0 Å². The summed E-state index contributed by atoms with van der Waals surface area (Å²) in [6.07, 6.45) is 3.39. The largest absolute Gasteiger partial charge is 0.457 e. The highest BCUT2D eigenvalue weighted by atomic mass is 16.5. The Hall–Kier alpha value is -2.77. The van der Waals surface area contributed by atoms with Gasteiger partial charge in [-0.3, -0.25) is 9.88 Å². The van der Waals surface area contributed by atoms with Gasteiger partial charge in [-0.25, -0.2) is 0 Å². The minimum absolute atomic E-state index is 0.127. The van der Waals surface area contributed by atoms with Crippen LogP contribution in [0.1, 0.15) is 11.9 Å². The van der Waals surface area contributed by atoms with Gasteiger partial charge in [0.2, 0.25) is 0 Å². The van der Waals surface area contributed by atoms with Crippen LogP contribution in [0, 0.1) is 0 Å². The second-order valence-corrected chi connectivity index (χ2v) is 5.97. The molecule has 1 aliphatic heterocycles. The molecule has 2 aromatic heterocycles. The molecule has 1 N–H and O–H groups in total. The van der Waals surface area contributed by atoms with Crippen molar-refractivity contribution in [3.63, 3.8) is 0 Å². The molecule has 3 aromatic rings. The highest BCUT2D eigenvalue weighted by Crippen LogP contribution is 2.27. The third-order valence-electron chi connectivity index (χ3n) is 4.22. The van der Waals surface area contributed by atoms with Gasteiger partial charge in [0.15, 0.2) is 5.82 Å². The zero-order valence-electron chi connectivity index (χ0n) is 13.9. The second-order valence-electron chi connectivity index (χ2n) is 5.97. The lowest BCUT2D eigenvalue weighted by atomic mass is 10.2. The molecule has 0 bridgehead atoms. The Morgan fingerprint density at radius 2 is 2.08 bits per heavy atom. The molecule has 0 radical (unpaired) electrons. The van der Waals surface area contributed by atoms with Crippen molar-refractivity contribution in [2.75, 3.05) is 26.7 Å². The number of hydrogen-bond donors (Lipinski definition) is 1. The molecule has 3 heterocycles. The molecule has 0 amide bonds. The fourth-order valence-electron chi connectivity index (χ4n) is 2.82. The van der Waals surface area contributed by atoms with Gasteiger partial charge in [-0.2, -0.15) is 4.98 Å². The van der Waals surface area contributed by atoms with Crippen LogP contribution in [0.25, 0.3) is 11.5 Å². The lowest BCUT2D eigenvalue weighted by Crippen LogP contribution is -2.44. The number of piperazine rings is 1. The second kappa shape index (κ2) is 7.00. The summed E-state index contributed by atoms with van der Waals surface area (Å²) >= 11 is 0. The topological polar surface area (TPSA) is 76.3 Å². The molecule has 0 spiro atoms. The van der Waals surface area contributed by atoms with Crippen LogP contribution in [-0.2, 0) is 0 Å². The van der Waals surface area contributed by atoms with Crippen LogP contribution < -0.4 is 10.1 Å². The van der Waals surface area contributed by atoms with E-state index in [2.05, 4.69) is 32.4 Å². The molecule has 1 unspecified atom stereocenters. The van der Waals surface area contributed by atoms with Crippen LogP contribution in [0.2, 0.25) is 0 Å². The average Bonchev–Trinajstić information content (AvgIpc) is 3.13. The summed E-state index contributed by atoms with van der Waals surface area (Å²) in [7, 11) is 2.07. The van der Waals surface area contributed by atoms with Gasteiger partial charge in [-0.1, -0.05) is 11.2 Å². The lowest BCUT2D eigenvalue weighted by molar-refractivity contribution is 0.190. The van der Waals surface area contributed by atoms with Crippen LogP contribution in [0.5, 0.6) is 11.5 Å². The Morgan fingerprint density at radius 1 is 1.20 bits per heavy atom. The van der Waals surface area contributed by atoms with Crippen molar-refractivity contribution in [3.05, 3.63) is 54.6 Å². The highest BCUT2D eigenvalue weighted by molar-refractivity contribution is 5.56. The van der Waals surface area contributed by atoms with Crippen molar-refractivity contribution in [2.45, 2.75) is 6.04 Å². The fourth-order valence-corrected chi connectivity index (χ4v) is 2.82. The van der Waals surface area contributed by atoms with Crippen molar-refractivity contribution in [2.24, 2.45) is 0 Å². The minimum atomic E-state index is 0.127. The molecule has 7 heteroatoms. The van der Waals surface area contributed by atoms with E-state index in [0.717, 1.165) is 30.9 Å². The molecule has 1 atom stereocenters. The third-order valence-corrected chi connectivity index (χ3v) is 4.22. The Kier molecular flexibility index (Phi) is 4.41. The first-order chi connectivity index (χ1) is 12.3. The summed E-state index contributed by atoms with van der Waals surface area (Å²) in [6.45, 7) is 2.76. The number of aromatic nitrogens is 3. The summed E-state index contributed by atoms with van der Waals surface area (Å²) in [5.74, 6) is 2.63. The first-order valence-corrected chi connectivity index (χ1v) is 8.22.